The van der Waals surface area contributed by atoms with E-state index in [1.165, 1.54) is 12.1 Å². The highest BCUT2D eigenvalue weighted by molar-refractivity contribution is 6.11. The Bertz CT molecular complexity index is 2650. The van der Waals surface area contributed by atoms with E-state index in [0.717, 1.165) is 46.0 Å². The zero-order chi connectivity index (χ0) is 43.4. The molecule has 0 heterocycles. The molecule has 1 aliphatic rings. The molecule has 1 aliphatic carbocycles. The second-order valence-electron chi connectivity index (χ2n) is 14.2. The van der Waals surface area contributed by atoms with E-state index >= 15 is 26.3 Å². The minimum Gasteiger partial charge on any atom is -0.478 e. The summed E-state index contributed by atoms with van der Waals surface area (Å²) in [5.74, 6) is -6.24. The van der Waals surface area contributed by atoms with Crippen molar-refractivity contribution in [1.82, 2.24) is 5.32 Å². The summed E-state index contributed by atoms with van der Waals surface area (Å²) >= 11 is 0. The molecule has 2 amide bonds. The Labute approximate surface area is 338 Å². The van der Waals surface area contributed by atoms with Crippen molar-refractivity contribution in [2.24, 2.45) is 0 Å². The first kappa shape index (κ1) is 41.0. The highest BCUT2D eigenvalue weighted by atomic mass is 19.4. The number of alkyl halides is 6. The minimum absolute atomic E-state index is 0.0431. The van der Waals surface area contributed by atoms with Crippen LogP contribution < -0.4 is 10.6 Å². The fraction of sp³-hybridized carbons (Fsp3) is 0.130. The maximum absolute atomic E-state index is 15.2. The molecule has 7 rings (SSSR count). The molecule has 0 radical (unpaired) electrons. The number of nitrogens with one attached hydrogen (secondary N) is 2. The second-order valence-corrected chi connectivity index (χ2v) is 14.2. The first-order chi connectivity index (χ1) is 28.4. The van der Waals surface area contributed by atoms with Crippen LogP contribution in [0.15, 0.2) is 133 Å². The number of carbonyl (C=O) groups is 4. The standard InChI is InChI=1S/C46H32F6N2O6/c1-25-11-13-26(14-12-25)43(37-9-5-3-7-31(37)32-8-4-6-10-38(32)43)27-15-19-30(20-16-27)54-40(56)36-24-29(18-22-34(36)42(59)60)44(45(47,48)49,46(50,51)52)28-17-21-33(41(57)58)35(23-28)39(55)53-2/h3-24H,1-2H3,(H,53,55)(H,54,56)(H,57,58)(H,59,60). The number of carboxylic acids is 2. The lowest BCUT2D eigenvalue weighted by molar-refractivity contribution is -0.288. The van der Waals surface area contributed by atoms with Crippen LogP contribution in [0.25, 0.3) is 11.1 Å². The summed E-state index contributed by atoms with van der Waals surface area (Å²) in [4.78, 5) is 50.5. The summed E-state index contributed by atoms with van der Waals surface area (Å²) < 4.78 is 91.4. The van der Waals surface area contributed by atoms with Gasteiger partial charge in [0.2, 0.25) is 5.41 Å². The van der Waals surface area contributed by atoms with E-state index in [4.69, 9.17) is 0 Å². The van der Waals surface area contributed by atoms with E-state index in [-0.39, 0.29) is 30.0 Å². The van der Waals surface area contributed by atoms with E-state index in [1.54, 1.807) is 12.1 Å². The van der Waals surface area contributed by atoms with Crippen molar-refractivity contribution in [3.05, 3.63) is 195 Å². The van der Waals surface area contributed by atoms with Gasteiger partial charge in [-0.15, -0.1) is 0 Å². The number of amides is 2. The van der Waals surface area contributed by atoms with Crippen molar-refractivity contribution in [3.63, 3.8) is 0 Å². The first-order valence-electron chi connectivity index (χ1n) is 18.2. The minimum atomic E-state index is -6.24. The predicted molar refractivity (Wildman–Crippen MR) is 210 cm³/mol. The number of carbonyl (C=O) groups excluding carboxylic acids is 2. The number of hydrogen-bond acceptors (Lipinski definition) is 4. The summed E-state index contributed by atoms with van der Waals surface area (Å²) in [5.41, 5.74) is -6.13. The normalized spacial score (nSPS) is 13.2. The fourth-order valence-electron chi connectivity index (χ4n) is 8.25. The maximum Gasteiger partial charge on any atom is 0.411 e. The Kier molecular flexibility index (Phi) is 10.1. The van der Waals surface area contributed by atoms with Gasteiger partial charge in [0.1, 0.15) is 0 Å². The monoisotopic (exact) mass is 822 g/mol. The molecule has 14 heteroatoms. The van der Waals surface area contributed by atoms with Gasteiger partial charge in [0, 0.05) is 12.7 Å². The smallest absolute Gasteiger partial charge is 0.411 e. The van der Waals surface area contributed by atoms with Crippen molar-refractivity contribution in [3.8, 4) is 11.1 Å². The van der Waals surface area contributed by atoms with Gasteiger partial charge in [-0.3, -0.25) is 9.59 Å². The molecule has 0 fully saturated rings. The predicted octanol–water partition coefficient (Wildman–Crippen LogP) is 9.78. The van der Waals surface area contributed by atoms with Crippen molar-refractivity contribution in [2.75, 3.05) is 12.4 Å². The average molecular weight is 823 g/mol. The van der Waals surface area contributed by atoms with Crippen LogP contribution in [0.4, 0.5) is 32.0 Å². The third-order valence-electron chi connectivity index (χ3n) is 10.9. The number of halogens is 6. The lowest BCUT2D eigenvalue weighted by Crippen LogP contribution is -2.55. The third-order valence-corrected chi connectivity index (χ3v) is 10.9. The SMILES string of the molecule is CNC(=O)c1cc(C(c2ccc(C(=O)O)c(C(=O)Nc3ccc(C4(c5ccc(C)cc5)c5ccccc5-c5ccccc54)cc3)c2)(C(F)(F)F)C(F)(F)F)ccc1C(=O)O. The largest absolute Gasteiger partial charge is 0.478 e. The van der Waals surface area contributed by atoms with Crippen LogP contribution >= 0.6 is 0 Å². The second kappa shape index (κ2) is 14.9. The van der Waals surface area contributed by atoms with Crippen LogP contribution in [0.1, 0.15) is 80.4 Å². The molecule has 0 aromatic heterocycles. The molecule has 0 spiro atoms. The van der Waals surface area contributed by atoms with Gasteiger partial charge >= 0.3 is 24.3 Å². The van der Waals surface area contributed by atoms with Gasteiger partial charge in [-0.25, -0.2) is 9.59 Å². The van der Waals surface area contributed by atoms with Crippen LogP contribution in [0.5, 0.6) is 0 Å². The number of aryl methyl sites for hydroxylation is 1. The number of aromatic carboxylic acids is 2. The van der Waals surface area contributed by atoms with Crippen molar-refractivity contribution in [2.45, 2.75) is 30.1 Å². The van der Waals surface area contributed by atoms with Crippen LogP contribution in [0, 0.1) is 6.92 Å². The van der Waals surface area contributed by atoms with Crippen LogP contribution in [-0.2, 0) is 10.8 Å². The summed E-state index contributed by atoms with van der Waals surface area (Å²) in [5, 5.41) is 23.9. The van der Waals surface area contributed by atoms with Gasteiger partial charge in [-0.05, 0) is 87.8 Å². The number of carboxylic acid groups (broad SMARTS) is 2. The number of hydrogen-bond donors (Lipinski definition) is 4. The Morgan fingerprint density at radius 2 is 0.950 bits per heavy atom. The van der Waals surface area contributed by atoms with E-state index in [0.29, 0.717) is 12.1 Å². The molecule has 0 saturated heterocycles. The van der Waals surface area contributed by atoms with Crippen molar-refractivity contribution >= 4 is 29.4 Å². The summed E-state index contributed by atoms with van der Waals surface area (Å²) in [6.45, 7) is 1.96. The number of fused-ring (bicyclic) bond motifs is 3. The van der Waals surface area contributed by atoms with Gasteiger partial charge in [0.15, 0.2) is 0 Å². The summed E-state index contributed by atoms with van der Waals surface area (Å²) in [6, 6.07) is 32.1. The lowest BCUT2D eigenvalue weighted by Gasteiger charge is -2.38. The molecule has 6 aromatic carbocycles. The van der Waals surface area contributed by atoms with Crippen LogP contribution in [0.2, 0.25) is 0 Å². The van der Waals surface area contributed by atoms with Crippen LogP contribution in [-0.4, -0.2) is 53.4 Å². The molecule has 0 atom stereocenters. The Morgan fingerprint density at radius 3 is 1.37 bits per heavy atom. The average Bonchev–Trinajstić information content (AvgIpc) is 3.51. The van der Waals surface area contributed by atoms with Gasteiger partial charge in [0.05, 0.1) is 27.7 Å². The Hall–Kier alpha value is -7.22. The zero-order valence-corrected chi connectivity index (χ0v) is 31.5. The van der Waals surface area contributed by atoms with Crippen molar-refractivity contribution < 1.29 is 55.7 Å². The Morgan fingerprint density at radius 1 is 0.533 bits per heavy atom. The molecule has 0 bridgehead atoms. The van der Waals surface area contributed by atoms with Crippen molar-refractivity contribution in [1.29, 1.82) is 0 Å². The molecule has 0 unspecified atom stereocenters. The number of rotatable bonds is 9. The molecular formula is C46H32F6N2O6. The first-order valence-corrected chi connectivity index (χ1v) is 18.2. The molecule has 0 saturated carbocycles. The van der Waals surface area contributed by atoms with Gasteiger partial charge in [-0.2, -0.15) is 26.3 Å². The van der Waals surface area contributed by atoms with Gasteiger partial charge in [-0.1, -0.05) is 103 Å². The maximum atomic E-state index is 15.2. The van der Waals surface area contributed by atoms with E-state index in [2.05, 4.69) is 5.32 Å². The van der Waals surface area contributed by atoms with Crippen LogP contribution in [0.3, 0.4) is 0 Å². The van der Waals surface area contributed by atoms with E-state index < -0.39 is 80.3 Å². The zero-order valence-electron chi connectivity index (χ0n) is 31.5. The van der Waals surface area contributed by atoms with Gasteiger partial charge < -0.3 is 20.8 Å². The molecule has 304 valence electrons. The molecule has 60 heavy (non-hydrogen) atoms. The molecular weight excluding hydrogens is 791 g/mol. The molecule has 4 N–H and O–H groups in total. The quantitative estimate of drug-likeness (QED) is 0.107. The highest BCUT2D eigenvalue weighted by Gasteiger charge is 2.72. The van der Waals surface area contributed by atoms with E-state index in [9.17, 15) is 29.4 Å². The Balaban J connectivity index is 1.35. The molecule has 6 aromatic rings. The number of anilines is 1. The number of benzene rings is 6. The molecule has 0 aliphatic heterocycles. The topological polar surface area (TPSA) is 133 Å². The lowest BCUT2D eigenvalue weighted by atomic mass is 9.67. The highest BCUT2D eigenvalue weighted by Crippen LogP contribution is 2.58. The van der Waals surface area contributed by atoms with Gasteiger partial charge in [0.25, 0.3) is 11.8 Å². The third kappa shape index (κ3) is 6.35. The summed E-state index contributed by atoms with van der Waals surface area (Å²) in [7, 11) is 0.999. The summed E-state index contributed by atoms with van der Waals surface area (Å²) in [6.07, 6.45) is -12.5. The fourth-order valence-corrected chi connectivity index (χ4v) is 8.25. The van der Waals surface area contributed by atoms with E-state index in [1.807, 2.05) is 85.0 Å². The molecule has 8 nitrogen and oxygen atoms in total.